The zero-order chi connectivity index (χ0) is 27.4. The number of hydrogen-bond donors (Lipinski definition) is 0. The summed E-state index contributed by atoms with van der Waals surface area (Å²) >= 11 is 0. The highest BCUT2D eigenvalue weighted by molar-refractivity contribution is 6.08. The molecule has 0 spiro atoms. The summed E-state index contributed by atoms with van der Waals surface area (Å²) in [6, 6.07) is 24.9. The van der Waals surface area contributed by atoms with Gasteiger partial charge in [-0.2, -0.15) is 0 Å². The standard InChI is InChI=1S/C32H35N3O4/c1-4-38-31(37)28-29(24-14-16-25(17-15-24)39-21-19-22(2)3)35-27-13-9-8-12-26(27)33-32(35)34(30(28)36)20-18-23-10-6-5-7-11-23/h5-17,22,28-29H,4,18-21H2,1-3H3/t28-,29-/m0/s1. The van der Waals surface area contributed by atoms with Crippen molar-refractivity contribution in [2.24, 2.45) is 11.8 Å². The third kappa shape index (κ3) is 5.53. The summed E-state index contributed by atoms with van der Waals surface area (Å²) in [5.74, 6) is -0.0131. The van der Waals surface area contributed by atoms with E-state index in [4.69, 9.17) is 14.5 Å². The van der Waals surface area contributed by atoms with Crippen LogP contribution in [0.1, 0.15) is 44.4 Å². The molecule has 1 aromatic heterocycles. The first kappa shape index (κ1) is 26.5. The lowest BCUT2D eigenvalue weighted by Gasteiger charge is -2.38. The first-order chi connectivity index (χ1) is 19.0. The van der Waals surface area contributed by atoms with Crippen LogP contribution in [0.25, 0.3) is 11.0 Å². The van der Waals surface area contributed by atoms with Crippen molar-refractivity contribution >= 4 is 28.9 Å². The van der Waals surface area contributed by atoms with Crippen LogP contribution in [0.4, 0.5) is 5.95 Å². The second-order valence-electron chi connectivity index (χ2n) is 10.3. The number of nitrogens with zero attached hydrogens (tertiary/aromatic N) is 3. The average Bonchev–Trinajstić information content (AvgIpc) is 3.32. The maximum Gasteiger partial charge on any atom is 0.321 e. The van der Waals surface area contributed by atoms with Gasteiger partial charge in [-0.1, -0.05) is 68.4 Å². The summed E-state index contributed by atoms with van der Waals surface area (Å²) in [7, 11) is 0. The number of esters is 1. The smallest absolute Gasteiger partial charge is 0.321 e. The number of aromatic nitrogens is 2. The van der Waals surface area contributed by atoms with Crippen molar-refractivity contribution in [3.05, 3.63) is 90.0 Å². The Hall–Kier alpha value is -4.13. The number of fused-ring (bicyclic) bond motifs is 3. The second kappa shape index (κ2) is 11.7. The molecule has 0 unspecified atom stereocenters. The Kier molecular flexibility index (Phi) is 7.96. The van der Waals surface area contributed by atoms with Crippen LogP contribution >= 0.6 is 0 Å². The molecule has 2 atom stereocenters. The van der Waals surface area contributed by atoms with E-state index in [-0.39, 0.29) is 12.5 Å². The van der Waals surface area contributed by atoms with Gasteiger partial charge < -0.3 is 14.0 Å². The Morgan fingerprint density at radius 1 is 0.974 bits per heavy atom. The number of carbonyl (C=O) groups is 2. The summed E-state index contributed by atoms with van der Waals surface area (Å²) in [5.41, 5.74) is 3.56. The normalized spacial score (nSPS) is 16.9. The van der Waals surface area contributed by atoms with Gasteiger partial charge in [-0.05, 0) is 61.1 Å². The van der Waals surface area contributed by atoms with Gasteiger partial charge in [0, 0.05) is 6.54 Å². The van der Waals surface area contributed by atoms with Gasteiger partial charge in [0.15, 0.2) is 5.92 Å². The third-order valence-corrected chi connectivity index (χ3v) is 7.14. The van der Waals surface area contributed by atoms with Gasteiger partial charge in [-0.15, -0.1) is 0 Å². The van der Waals surface area contributed by atoms with E-state index in [1.165, 1.54) is 0 Å². The summed E-state index contributed by atoms with van der Waals surface area (Å²) < 4.78 is 13.4. The van der Waals surface area contributed by atoms with Gasteiger partial charge in [-0.3, -0.25) is 14.5 Å². The SMILES string of the molecule is CCOC(=O)[C@@H]1C(=O)N(CCc2ccccc2)c2nc3ccccc3n2[C@H]1c1ccc(OCCC(C)C)cc1. The predicted octanol–water partition coefficient (Wildman–Crippen LogP) is 5.82. The Balaban J connectivity index is 1.57. The number of carbonyl (C=O) groups excluding carboxylic acids is 2. The van der Waals surface area contributed by atoms with E-state index in [0.717, 1.165) is 34.3 Å². The fourth-order valence-electron chi connectivity index (χ4n) is 5.12. The number of ether oxygens (including phenoxy) is 2. The number of hydrogen-bond acceptors (Lipinski definition) is 5. The van der Waals surface area contributed by atoms with Crippen molar-refractivity contribution in [1.82, 2.24) is 9.55 Å². The molecule has 1 aliphatic heterocycles. The van der Waals surface area contributed by atoms with Crippen LogP contribution in [0.2, 0.25) is 0 Å². The van der Waals surface area contributed by atoms with Gasteiger partial charge in [0.2, 0.25) is 11.9 Å². The fraction of sp³-hybridized carbons (Fsp3) is 0.344. The predicted molar refractivity (Wildman–Crippen MR) is 152 cm³/mol. The van der Waals surface area contributed by atoms with Crippen molar-refractivity contribution in [3.8, 4) is 5.75 Å². The average molecular weight is 526 g/mol. The molecule has 4 aromatic rings. The summed E-state index contributed by atoms with van der Waals surface area (Å²) in [6.07, 6.45) is 1.60. The van der Waals surface area contributed by atoms with E-state index in [2.05, 4.69) is 13.8 Å². The van der Waals surface area contributed by atoms with Gasteiger partial charge >= 0.3 is 5.97 Å². The highest BCUT2D eigenvalue weighted by Gasteiger charge is 2.47. The van der Waals surface area contributed by atoms with Gasteiger partial charge in [0.25, 0.3) is 0 Å². The Morgan fingerprint density at radius 3 is 2.41 bits per heavy atom. The van der Waals surface area contributed by atoms with Crippen molar-refractivity contribution in [3.63, 3.8) is 0 Å². The molecular formula is C32H35N3O4. The molecule has 3 aromatic carbocycles. The minimum Gasteiger partial charge on any atom is -0.494 e. The van der Waals surface area contributed by atoms with Crippen molar-refractivity contribution in [1.29, 1.82) is 0 Å². The summed E-state index contributed by atoms with van der Waals surface area (Å²) in [6.45, 7) is 7.32. The molecule has 2 heterocycles. The molecule has 202 valence electrons. The molecule has 0 N–H and O–H groups in total. The van der Waals surface area contributed by atoms with Crippen LogP contribution in [0.5, 0.6) is 5.75 Å². The monoisotopic (exact) mass is 525 g/mol. The molecule has 0 bridgehead atoms. The minimum absolute atomic E-state index is 0.194. The van der Waals surface area contributed by atoms with Gasteiger partial charge in [0.1, 0.15) is 5.75 Å². The number of amides is 1. The number of para-hydroxylation sites is 2. The van der Waals surface area contributed by atoms with Crippen molar-refractivity contribution in [2.75, 3.05) is 24.7 Å². The Labute approximate surface area is 229 Å². The topological polar surface area (TPSA) is 73.7 Å². The molecule has 39 heavy (non-hydrogen) atoms. The highest BCUT2D eigenvalue weighted by Crippen LogP contribution is 2.41. The quantitative estimate of drug-likeness (QED) is 0.193. The number of benzene rings is 3. The minimum atomic E-state index is -1.04. The van der Waals surface area contributed by atoms with Crippen molar-refractivity contribution < 1.29 is 19.1 Å². The highest BCUT2D eigenvalue weighted by atomic mass is 16.5. The molecule has 7 heteroatoms. The van der Waals surface area contributed by atoms with Crippen LogP contribution in [0.3, 0.4) is 0 Å². The number of imidazole rings is 1. The van der Waals surface area contributed by atoms with E-state index in [0.29, 0.717) is 31.4 Å². The first-order valence-electron chi connectivity index (χ1n) is 13.7. The lowest BCUT2D eigenvalue weighted by atomic mass is 9.89. The van der Waals surface area contributed by atoms with Gasteiger partial charge in [0.05, 0.1) is 30.3 Å². The van der Waals surface area contributed by atoms with E-state index >= 15 is 0 Å². The first-order valence-corrected chi connectivity index (χ1v) is 13.7. The van der Waals surface area contributed by atoms with Crippen LogP contribution < -0.4 is 9.64 Å². The fourth-order valence-corrected chi connectivity index (χ4v) is 5.12. The van der Waals surface area contributed by atoms with E-state index in [1.807, 2.05) is 83.4 Å². The summed E-state index contributed by atoms with van der Waals surface area (Å²) in [5, 5.41) is 0. The molecule has 0 saturated carbocycles. The third-order valence-electron chi connectivity index (χ3n) is 7.14. The molecule has 1 aliphatic rings. The molecule has 0 aliphatic carbocycles. The molecule has 5 rings (SSSR count). The van der Waals surface area contributed by atoms with E-state index in [9.17, 15) is 9.59 Å². The number of rotatable bonds is 10. The zero-order valence-electron chi connectivity index (χ0n) is 22.7. The Bertz CT molecular complexity index is 1430. The van der Waals surface area contributed by atoms with Crippen LogP contribution in [-0.2, 0) is 20.7 Å². The van der Waals surface area contributed by atoms with E-state index < -0.39 is 17.9 Å². The summed E-state index contributed by atoms with van der Waals surface area (Å²) in [4.78, 5) is 34.1. The van der Waals surface area contributed by atoms with Crippen LogP contribution in [0, 0.1) is 11.8 Å². The van der Waals surface area contributed by atoms with Crippen LogP contribution in [0.15, 0.2) is 78.9 Å². The molecular weight excluding hydrogens is 490 g/mol. The lowest BCUT2D eigenvalue weighted by Crippen LogP contribution is -2.50. The molecule has 0 radical (unpaired) electrons. The number of anilines is 1. The van der Waals surface area contributed by atoms with E-state index in [1.54, 1.807) is 11.8 Å². The molecule has 7 nitrogen and oxygen atoms in total. The van der Waals surface area contributed by atoms with Crippen molar-refractivity contribution in [2.45, 2.75) is 39.7 Å². The second-order valence-corrected chi connectivity index (χ2v) is 10.3. The molecule has 1 amide bonds. The maximum atomic E-state index is 14.1. The maximum absolute atomic E-state index is 14.1. The largest absolute Gasteiger partial charge is 0.494 e. The molecule has 0 saturated heterocycles. The zero-order valence-corrected chi connectivity index (χ0v) is 22.7. The molecule has 0 fully saturated rings. The van der Waals surface area contributed by atoms with Crippen LogP contribution in [-0.4, -0.2) is 41.2 Å². The lowest BCUT2D eigenvalue weighted by molar-refractivity contribution is -0.153. The van der Waals surface area contributed by atoms with Gasteiger partial charge in [-0.25, -0.2) is 4.98 Å². The Morgan fingerprint density at radius 2 is 1.69 bits per heavy atom.